The van der Waals surface area contributed by atoms with Crippen LogP contribution in [0, 0.1) is 17.0 Å². The summed E-state index contributed by atoms with van der Waals surface area (Å²) >= 11 is 0. The van der Waals surface area contributed by atoms with Gasteiger partial charge in [-0.25, -0.2) is 15.0 Å². The monoisotopic (exact) mass is 364 g/mol. The Bertz CT molecular complexity index is 957. The van der Waals surface area contributed by atoms with Crippen molar-refractivity contribution >= 4 is 28.8 Å². The van der Waals surface area contributed by atoms with E-state index in [1.165, 1.54) is 11.9 Å². The Kier molecular flexibility index (Phi) is 5.25. The molecule has 27 heavy (non-hydrogen) atoms. The predicted octanol–water partition coefficient (Wildman–Crippen LogP) is 4.70. The van der Waals surface area contributed by atoms with E-state index in [0.29, 0.717) is 17.4 Å². The van der Waals surface area contributed by atoms with Gasteiger partial charge in [0.25, 0.3) is 0 Å². The Hall–Kier alpha value is -3.55. The Balaban J connectivity index is 1.94. The Labute approximate surface area is 156 Å². The zero-order valence-corrected chi connectivity index (χ0v) is 15.3. The molecule has 0 spiro atoms. The van der Waals surface area contributed by atoms with Gasteiger partial charge in [-0.1, -0.05) is 32.0 Å². The summed E-state index contributed by atoms with van der Waals surface area (Å²) in [5.74, 6) is 1.11. The first-order chi connectivity index (χ1) is 13.0. The van der Waals surface area contributed by atoms with E-state index in [1.807, 2.05) is 37.3 Å². The highest BCUT2D eigenvalue weighted by Gasteiger charge is 2.24. The van der Waals surface area contributed by atoms with Gasteiger partial charge in [0.15, 0.2) is 0 Å². The van der Waals surface area contributed by atoms with Crippen LogP contribution in [0.3, 0.4) is 0 Å². The quantitative estimate of drug-likeness (QED) is 0.482. The molecule has 3 rings (SSSR count). The Morgan fingerprint density at radius 2 is 1.63 bits per heavy atom. The molecule has 0 saturated carbocycles. The molecule has 8 heteroatoms. The molecule has 138 valence electrons. The number of nitrogens with zero attached hydrogens (tertiary/aromatic N) is 4. The molecular weight excluding hydrogens is 344 g/mol. The van der Waals surface area contributed by atoms with Gasteiger partial charge in [0.05, 0.1) is 4.92 Å². The maximum Gasteiger partial charge on any atom is 0.353 e. The first kappa shape index (κ1) is 18.2. The maximum atomic E-state index is 11.7. The minimum atomic E-state index is -0.509. The number of nitro groups is 1. The van der Waals surface area contributed by atoms with Crippen molar-refractivity contribution < 1.29 is 4.92 Å². The van der Waals surface area contributed by atoms with E-state index in [2.05, 4.69) is 39.4 Å². The van der Waals surface area contributed by atoms with Crippen LogP contribution in [0.25, 0.3) is 0 Å². The second kappa shape index (κ2) is 7.77. The third-order valence-electron chi connectivity index (χ3n) is 4.09. The molecule has 0 aliphatic carbocycles. The van der Waals surface area contributed by atoms with Crippen LogP contribution >= 0.6 is 0 Å². The summed E-state index contributed by atoms with van der Waals surface area (Å²) in [6, 6.07) is 11.4. The average Bonchev–Trinajstić information content (AvgIpc) is 2.64. The summed E-state index contributed by atoms with van der Waals surface area (Å²) in [6.45, 7) is 6.07. The fourth-order valence-electron chi connectivity index (χ4n) is 2.55. The molecule has 3 aromatic rings. The van der Waals surface area contributed by atoms with Crippen LogP contribution < -0.4 is 10.6 Å². The van der Waals surface area contributed by atoms with Crippen molar-refractivity contribution in [1.29, 1.82) is 0 Å². The van der Waals surface area contributed by atoms with Crippen molar-refractivity contribution in [3.05, 3.63) is 70.2 Å². The van der Waals surface area contributed by atoms with Crippen LogP contribution in [0.4, 0.5) is 28.8 Å². The van der Waals surface area contributed by atoms with Crippen molar-refractivity contribution in [2.75, 3.05) is 10.6 Å². The molecule has 2 aromatic heterocycles. The largest absolute Gasteiger partial charge is 0.353 e. The number of aryl methyl sites for hydroxylation is 1. The van der Waals surface area contributed by atoms with Crippen molar-refractivity contribution in [1.82, 2.24) is 15.0 Å². The summed E-state index contributed by atoms with van der Waals surface area (Å²) in [5.41, 5.74) is 2.51. The normalized spacial score (nSPS) is 10.7. The van der Waals surface area contributed by atoms with E-state index in [9.17, 15) is 10.1 Å². The predicted molar refractivity (Wildman–Crippen MR) is 105 cm³/mol. The minimum absolute atomic E-state index is 0.0816. The van der Waals surface area contributed by atoms with Gasteiger partial charge in [-0.3, -0.25) is 10.1 Å². The minimum Gasteiger partial charge on any atom is -0.334 e. The average molecular weight is 364 g/mol. The highest BCUT2D eigenvalue weighted by molar-refractivity contribution is 5.76. The van der Waals surface area contributed by atoms with Gasteiger partial charge in [-0.15, -0.1) is 0 Å². The van der Waals surface area contributed by atoms with Crippen LogP contribution in [0.5, 0.6) is 0 Å². The molecule has 0 amide bonds. The number of hydrogen-bond donors (Lipinski definition) is 2. The van der Waals surface area contributed by atoms with E-state index in [0.717, 1.165) is 5.56 Å². The fourth-order valence-corrected chi connectivity index (χ4v) is 2.55. The Morgan fingerprint density at radius 1 is 0.963 bits per heavy atom. The van der Waals surface area contributed by atoms with Crippen molar-refractivity contribution in [2.45, 2.75) is 26.7 Å². The molecule has 0 saturated heterocycles. The number of anilines is 4. The number of hydrogen-bond acceptors (Lipinski definition) is 7. The third kappa shape index (κ3) is 4.17. The van der Waals surface area contributed by atoms with Gasteiger partial charge < -0.3 is 10.6 Å². The van der Waals surface area contributed by atoms with Crippen LogP contribution in [-0.2, 0) is 0 Å². The molecular formula is C19H20N6O2. The molecule has 1 aromatic carbocycles. The zero-order valence-electron chi connectivity index (χ0n) is 15.3. The molecule has 0 fully saturated rings. The zero-order chi connectivity index (χ0) is 19.4. The van der Waals surface area contributed by atoms with Gasteiger partial charge in [0.2, 0.25) is 11.6 Å². The second-order valence-corrected chi connectivity index (χ2v) is 6.37. The first-order valence-corrected chi connectivity index (χ1v) is 8.50. The molecule has 0 unspecified atom stereocenters. The van der Waals surface area contributed by atoms with Gasteiger partial charge in [0.1, 0.15) is 12.1 Å². The van der Waals surface area contributed by atoms with Gasteiger partial charge in [-0.05, 0) is 42.2 Å². The van der Waals surface area contributed by atoms with Crippen molar-refractivity contribution in [3.8, 4) is 0 Å². The van der Waals surface area contributed by atoms with Gasteiger partial charge in [-0.2, -0.15) is 0 Å². The van der Waals surface area contributed by atoms with Crippen LogP contribution in [0.1, 0.15) is 30.9 Å². The lowest BCUT2D eigenvalue weighted by atomic mass is 10.0. The van der Waals surface area contributed by atoms with E-state index >= 15 is 0 Å². The summed E-state index contributed by atoms with van der Waals surface area (Å²) in [4.78, 5) is 23.5. The number of aromatic nitrogens is 3. The summed E-state index contributed by atoms with van der Waals surface area (Å²) < 4.78 is 0. The number of pyridine rings is 1. The lowest BCUT2D eigenvalue weighted by molar-refractivity contribution is -0.383. The molecule has 0 aliphatic heterocycles. The second-order valence-electron chi connectivity index (χ2n) is 6.37. The van der Waals surface area contributed by atoms with E-state index < -0.39 is 4.92 Å². The molecule has 8 nitrogen and oxygen atoms in total. The molecule has 0 aliphatic rings. The van der Waals surface area contributed by atoms with Gasteiger partial charge >= 0.3 is 5.69 Å². The SMILES string of the molecule is Cc1cccnc1Nc1ncnc(Nc2ccc(C(C)C)cc2)c1[N+](=O)[O-]. The molecule has 0 bridgehead atoms. The standard InChI is InChI=1S/C19H20N6O2/c1-12(2)14-6-8-15(9-7-14)23-18-16(25(26)27)19(22-11-21-18)24-17-13(3)5-4-10-20-17/h4-12H,1-3H3,(H2,20,21,22,23,24). The van der Waals surface area contributed by atoms with E-state index in [1.54, 1.807) is 12.3 Å². The maximum absolute atomic E-state index is 11.7. The topological polar surface area (TPSA) is 106 Å². The first-order valence-electron chi connectivity index (χ1n) is 8.50. The van der Waals surface area contributed by atoms with Crippen LogP contribution in [0.2, 0.25) is 0 Å². The molecule has 2 N–H and O–H groups in total. The Morgan fingerprint density at radius 3 is 2.22 bits per heavy atom. The molecule has 0 atom stereocenters. The lowest BCUT2D eigenvalue weighted by Crippen LogP contribution is -2.06. The summed E-state index contributed by atoms with van der Waals surface area (Å²) in [6.07, 6.45) is 2.89. The highest BCUT2D eigenvalue weighted by Crippen LogP contribution is 2.33. The number of rotatable bonds is 6. The van der Waals surface area contributed by atoms with Crippen molar-refractivity contribution in [2.24, 2.45) is 0 Å². The number of nitrogens with one attached hydrogen (secondary N) is 2. The fraction of sp³-hybridized carbons (Fsp3) is 0.211. The van der Waals surface area contributed by atoms with E-state index in [-0.39, 0.29) is 17.3 Å². The molecule has 2 heterocycles. The summed E-state index contributed by atoms with van der Waals surface area (Å²) in [5, 5.41) is 17.6. The smallest absolute Gasteiger partial charge is 0.334 e. The number of benzene rings is 1. The van der Waals surface area contributed by atoms with Crippen LogP contribution in [0.15, 0.2) is 48.9 Å². The van der Waals surface area contributed by atoms with Gasteiger partial charge in [0, 0.05) is 11.9 Å². The highest BCUT2D eigenvalue weighted by atomic mass is 16.6. The lowest BCUT2D eigenvalue weighted by Gasteiger charge is -2.11. The summed E-state index contributed by atoms with van der Waals surface area (Å²) in [7, 11) is 0. The van der Waals surface area contributed by atoms with Crippen molar-refractivity contribution in [3.63, 3.8) is 0 Å². The third-order valence-corrected chi connectivity index (χ3v) is 4.09. The van der Waals surface area contributed by atoms with Crippen LogP contribution in [-0.4, -0.2) is 19.9 Å². The van der Waals surface area contributed by atoms with E-state index in [4.69, 9.17) is 0 Å². The molecule has 0 radical (unpaired) electrons.